The molecule has 0 fully saturated rings. The van der Waals surface area contributed by atoms with Crippen LogP contribution in [-0.2, 0) is 0 Å². The number of carbonyl (C=O) groups is 1. The highest BCUT2D eigenvalue weighted by Crippen LogP contribution is 2.24. The lowest BCUT2D eigenvalue weighted by Gasteiger charge is -2.12. The Balaban J connectivity index is 1.67. The topological polar surface area (TPSA) is 87.0 Å². The number of fused-ring (bicyclic) bond motifs is 1. The summed E-state index contributed by atoms with van der Waals surface area (Å²) in [7, 11) is 0. The van der Waals surface area contributed by atoms with Crippen LogP contribution in [0.3, 0.4) is 0 Å². The Bertz CT molecular complexity index is 1090. The number of anilines is 1. The average molecular weight is 388 g/mol. The summed E-state index contributed by atoms with van der Waals surface area (Å²) in [5, 5.41) is 16.5. The highest BCUT2D eigenvalue weighted by Gasteiger charge is 2.12. The predicted octanol–water partition coefficient (Wildman–Crippen LogP) is 3.96. The normalized spacial score (nSPS) is 10.4. The Hall–Kier alpha value is -3.59. The molecule has 0 spiro atoms. The molecule has 2 aromatic carbocycles. The molecule has 1 amide bonds. The van der Waals surface area contributed by atoms with E-state index in [1.807, 2.05) is 39.0 Å². The summed E-state index contributed by atoms with van der Waals surface area (Å²) in [5.74, 6) is 0.886. The van der Waals surface area contributed by atoms with E-state index in [1.165, 1.54) is 0 Å². The molecule has 3 aromatic rings. The van der Waals surface area contributed by atoms with Gasteiger partial charge in [-0.15, -0.1) is 0 Å². The standard InChI is InChI=1S/C23H24N4O2/c1-4-29-21-8-6-5-7-18(21)23(28)26-10-9-25-22-17(14-24)13-19-16(3)11-15(2)12-20(19)27-22/h5-8,11-13H,4,9-10H2,1-3H3,(H,25,27)(H,26,28). The van der Waals surface area contributed by atoms with E-state index in [1.54, 1.807) is 18.2 Å². The number of para-hydroxylation sites is 1. The molecule has 1 heterocycles. The summed E-state index contributed by atoms with van der Waals surface area (Å²) >= 11 is 0. The number of nitrogens with zero attached hydrogens (tertiary/aromatic N) is 2. The van der Waals surface area contributed by atoms with Crippen LogP contribution in [0.15, 0.2) is 42.5 Å². The average Bonchev–Trinajstić information content (AvgIpc) is 2.71. The van der Waals surface area contributed by atoms with E-state index in [-0.39, 0.29) is 5.91 Å². The fraction of sp³-hybridized carbons (Fsp3) is 0.261. The number of amides is 1. The number of rotatable bonds is 7. The van der Waals surface area contributed by atoms with Gasteiger partial charge in [0.2, 0.25) is 0 Å². The maximum Gasteiger partial charge on any atom is 0.255 e. The predicted molar refractivity (Wildman–Crippen MR) is 114 cm³/mol. The van der Waals surface area contributed by atoms with Crippen LogP contribution in [0.1, 0.15) is 34.0 Å². The number of aromatic nitrogens is 1. The third-order valence-electron chi connectivity index (χ3n) is 4.54. The first kappa shape index (κ1) is 20.2. The van der Waals surface area contributed by atoms with E-state index >= 15 is 0 Å². The Kier molecular flexibility index (Phi) is 6.30. The number of nitriles is 1. The summed E-state index contributed by atoms with van der Waals surface area (Å²) < 4.78 is 5.50. The van der Waals surface area contributed by atoms with Gasteiger partial charge in [0.15, 0.2) is 0 Å². The van der Waals surface area contributed by atoms with Crippen molar-refractivity contribution in [1.29, 1.82) is 5.26 Å². The summed E-state index contributed by atoms with van der Waals surface area (Å²) in [6.07, 6.45) is 0. The maximum atomic E-state index is 12.4. The van der Waals surface area contributed by atoms with E-state index in [0.717, 1.165) is 22.0 Å². The zero-order chi connectivity index (χ0) is 20.8. The second kappa shape index (κ2) is 9.07. The van der Waals surface area contributed by atoms with Crippen molar-refractivity contribution < 1.29 is 9.53 Å². The quantitative estimate of drug-likeness (QED) is 0.598. The second-order valence-corrected chi connectivity index (χ2v) is 6.76. The van der Waals surface area contributed by atoms with Crippen molar-refractivity contribution >= 4 is 22.6 Å². The van der Waals surface area contributed by atoms with Crippen LogP contribution in [0.2, 0.25) is 0 Å². The molecule has 29 heavy (non-hydrogen) atoms. The number of benzene rings is 2. The summed E-state index contributed by atoms with van der Waals surface area (Å²) in [4.78, 5) is 17.1. The SMILES string of the molecule is CCOc1ccccc1C(=O)NCCNc1nc2cc(C)cc(C)c2cc1C#N. The molecule has 0 saturated carbocycles. The van der Waals surface area contributed by atoms with E-state index in [0.29, 0.717) is 42.4 Å². The minimum absolute atomic E-state index is 0.200. The molecule has 2 N–H and O–H groups in total. The lowest BCUT2D eigenvalue weighted by molar-refractivity contribution is 0.0951. The van der Waals surface area contributed by atoms with Gasteiger partial charge in [-0.25, -0.2) is 4.98 Å². The van der Waals surface area contributed by atoms with Crippen molar-refractivity contribution in [3.05, 3.63) is 64.7 Å². The van der Waals surface area contributed by atoms with Crippen LogP contribution in [0.25, 0.3) is 10.9 Å². The fourth-order valence-corrected chi connectivity index (χ4v) is 3.24. The number of carbonyl (C=O) groups excluding carboxylic acids is 1. The van der Waals surface area contributed by atoms with Crippen LogP contribution in [0, 0.1) is 25.2 Å². The molecule has 3 rings (SSSR count). The van der Waals surface area contributed by atoms with Gasteiger partial charge in [0.1, 0.15) is 17.6 Å². The molecular formula is C23H24N4O2. The fourth-order valence-electron chi connectivity index (χ4n) is 3.24. The van der Waals surface area contributed by atoms with Gasteiger partial charge in [-0.1, -0.05) is 18.2 Å². The molecule has 0 aliphatic carbocycles. The number of pyridine rings is 1. The van der Waals surface area contributed by atoms with Crippen LogP contribution in [0.5, 0.6) is 5.75 Å². The van der Waals surface area contributed by atoms with Crippen LogP contribution < -0.4 is 15.4 Å². The summed E-state index contributed by atoms with van der Waals surface area (Å²) in [6, 6.07) is 15.3. The molecule has 6 nitrogen and oxygen atoms in total. The molecule has 0 saturated heterocycles. The highest BCUT2D eigenvalue weighted by atomic mass is 16.5. The van der Waals surface area contributed by atoms with Crippen molar-refractivity contribution in [3.8, 4) is 11.8 Å². The van der Waals surface area contributed by atoms with Gasteiger partial charge in [-0.05, 0) is 56.2 Å². The molecule has 1 aromatic heterocycles. The lowest BCUT2D eigenvalue weighted by atomic mass is 10.0. The Morgan fingerprint density at radius 3 is 2.72 bits per heavy atom. The molecule has 0 bridgehead atoms. The van der Waals surface area contributed by atoms with Gasteiger partial charge in [-0.3, -0.25) is 4.79 Å². The number of nitrogens with one attached hydrogen (secondary N) is 2. The number of aryl methyl sites for hydroxylation is 2. The van der Waals surface area contributed by atoms with Crippen molar-refractivity contribution in [2.24, 2.45) is 0 Å². The van der Waals surface area contributed by atoms with Crippen molar-refractivity contribution in [1.82, 2.24) is 10.3 Å². The summed E-state index contributed by atoms with van der Waals surface area (Å²) in [6.45, 7) is 7.24. The molecule has 0 atom stereocenters. The monoisotopic (exact) mass is 388 g/mol. The van der Waals surface area contributed by atoms with Gasteiger partial charge in [0, 0.05) is 18.5 Å². The molecule has 0 aliphatic heterocycles. The van der Waals surface area contributed by atoms with Gasteiger partial charge < -0.3 is 15.4 Å². The summed E-state index contributed by atoms with van der Waals surface area (Å²) in [5.41, 5.74) is 4.05. The number of ether oxygens (including phenoxy) is 1. The maximum absolute atomic E-state index is 12.4. The van der Waals surface area contributed by atoms with Crippen LogP contribution >= 0.6 is 0 Å². The molecule has 6 heteroatoms. The lowest BCUT2D eigenvalue weighted by Crippen LogP contribution is -2.29. The molecule has 0 unspecified atom stereocenters. The van der Waals surface area contributed by atoms with Gasteiger partial charge in [0.05, 0.1) is 23.3 Å². The highest BCUT2D eigenvalue weighted by molar-refractivity contribution is 5.96. The molecule has 0 radical (unpaired) electrons. The number of hydrogen-bond acceptors (Lipinski definition) is 5. The Labute approximate surface area is 170 Å². The van der Waals surface area contributed by atoms with E-state index in [2.05, 4.69) is 27.8 Å². The molecule has 0 aliphatic rings. The van der Waals surface area contributed by atoms with Crippen molar-refractivity contribution in [2.45, 2.75) is 20.8 Å². The largest absolute Gasteiger partial charge is 0.493 e. The minimum atomic E-state index is -0.200. The van der Waals surface area contributed by atoms with Gasteiger partial charge in [0.25, 0.3) is 5.91 Å². The Morgan fingerprint density at radius 2 is 1.97 bits per heavy atom. The van der Waals surface area contributed by atoms with Crippen LogP contribution in [0.4, 0.5) is 5.82 Å². The van der Waals surface area contributed by atoms with E-state index in [9.17, 15) is 10.1 Å². The second-order valence-electron chi connectivity index (χ2n) is 6.76. The zero-order valence-electron chi connectivity index (χ0n) is 16.9. The van der Waals surface area contributed by atoms with E-state index < -0.39 is 0 Å². The van der Waals surface area contributed by atoms with Crippen molar-refractivity contribution in [3.63, 3.8) is 0 Å². The van der Waals surface area contributed by atoms with Crippen molar-refractivity contribution in [2.75, 3.05) is 25.0 Å². The zero-order valence-corrected chi connectivity index (χ0v) is 16.9. The Morgan fingerprint density at radius 1 is 1.17 bits per heavy atom. The third kappa shape index (κ3) is 4.64. The number of hydrogen-bond donors (Lipinski definition) is 2. The van der Waals surface area contributed by atoms with Crippen LogP contribution in [-0.4, -0.2) is 30.6 Å². The smallest absolute Gasteiger partial charge is 0.255 e. The third-order valence-corrected chi connectivity index (χ3v) is 4.54. The first-order valence-electron chi connectivity index (χ1n) is 9.59. The van der Waals surface area contributed by atoms with E-state index in [4.69, 9.17) is 4.74 Å². The first-order chi connectivity index (χ1) is 14.0. The minimum Gasteiger partial charge on any atom is -0.493 e. The van der Waals surface area contributed by atoms with Gasteiger partial charge in [-0.2, -0.15) is 5.26 Å². The van der Waals surface area contributed by atoms with Gasteiger partial charge >= 0.3 is 0 Å². The first-order valence-corrected chi connectivity index (χ1v) is 9.59. The molecule has 148 valence electrons. The molecular weight excluding hydrogens is 364 g/mol.